The second kappa shape index (κ2) is 3.29. The van der Waals surface area contributed by atoms with Crippen LogP contribution in [-0.4, -0.2) is 6.04 Å². The molecule has 2 bridgehead atoms. The second-order valence-corrected chi connectivity index (χ2v) is 3.75. The lowest BCUT2D eigenvalue weighted by atomic mass is 10.0. The predicted octanol–water partition coefficient (Wildman–Crippen LogP) is 2.59. The average molecular weight is 151 g/mol. The van der Waals surface area contributed by atoms with Gasteiger partial charge in [0.15, 0.2) is 0 Å². The standard InChI is InChI=1S/C10H17N/c1-2-6-10-8-4-3-7-9(5-1)11-10/h5,10-11H,1-4,6-8H2. The predicted molar refractivity (Wildman–Crippen MR) is 47.3 cm³/mol. The van der Waals surface area contributed by atoms with Crippen molar-refractivity contribution in [2.24, 2.45) is 0 Å². The highest BCUT2D eigenvalue weighted by Gasteiger charge is 2.15. The van der Waals surface area contributed by atoms with Gasteiger partial charge in [-0.15, -0.1) is 0 Å². The van der Waals surface area contributed by atoms with Crippen molar-refractivity contribution in [1.29, 1.82) is 0 Å². The smallest absolute Gasteiger partial charge is 0.0258 e. The largest absolute Gasteiger partial charge is 0.386 e. The fraction of sp³-hybridized carbons (Fsp3) is 0.800. The molecule has 62 valence electrons. The highest BCUT2D eigenvalue weighted by molar-refractivity contribution is 5.04. The fourth-order valence-corrected chi connectivity index (χ4v) is 2.13. The second-order valence-electron chi connectivity index (χ2n) is 3.75. The summed E-state index contributed by atoms with van der Waals surface area (Å²) in [5, 5.41) is 3.64. The first-order chi connectivity index (χ1) is 5.45. The Morgan fingerprint density at radius 2 is 2.09 bits per heavy atom. The van der Waals surface area contributed by atoms with Gasteiger partial charge in [0, 0.05) is 11.7 Å². The van der Waals surface area contributed by atoms with Crippen molar-refractivity contribution >= 4 is 0 Å². The van der Waals surface area contributed by atoms with Gasteiger partial charge in [-0.2, -0.15) is 0 Å². The van der Waals surface area contributed by atoms with E-state index in [4.69, 9.17) is 0 Å². The van der Waals surface area contributed by atoms with Crippen LogP contribution in [0.25, 0.3) is 0 Å². The van der Waals surface area contributed by atoms with Crippen LogP contribution in [0.2, 0.25) is 0 Å². The van der Waals surface area contributed by atoms with Gasteiger partial charge in [-0.25, -0.2) is 0 Å². The molecule has 1 atom stereocenters. The molecule has 0 aromatic rings. The summed E-state index contributed by atoms with van der Waals surface area (Å²) in [5.74, 6) is 0. The zero-order valence-corrected chi connectivity index (χ0v) is 7.10. The lowest BCUT2D eigenvalue weighted by Gasteiger charge is -2.14. The molecule has 0 aliphatic carbocycles. The molecular formula is C10H17N. The van der Waals surface area contributed by atoms with E-state index < -0.39 is 0 Å². The minimum absolute atomic E-state index is 0.811. The molecule has 2 aliphatic heterocycles. The molecule has 1 N–H and O–H groups in total. The van der Waals surface area contributed by atoms with E-state index in [1.807, 2.05) is 0 Å². The van der Waals surface area contributed by atoms with E-state index in [0.29, 0.717) is 0 Å². The third-order valence-electron chi connectivity index (χ3n) is 2.79. The maximum atomic E-state index is 3.64. The van der Waals surface area contributed by atoms with Gasteiger partial charge in [0.25, 0.3) is 0 Å². The van der Waals surface area contributed by atoms with E-state index in [-0.39, 0.29) is 0 Å². The highest BCUT2D eigenvalue weighted by Crippen LogP contribution is 2.22. The van der Waals surface area contributed by atoms with Gasteiger partial charge in [-0.3, -0.25) is 0 Å². The Bertz CT molecular complexity index is 160. The SMILES string of the molecule is C1=C2CCCCC(CCC1)N2. The Hall–Kier alpha value is -0.460. The van der Waals surface area contributed by atoms with Crippen LogP contribution in [0, 0.1) is 0 Å². The van der Waals surface area contributed by atoms with Crippen LogP contribution < -0.4 is 5.32 Å². The molecule has 0 spiro atoms. The molecule has 1 fully saturated rings. The topological polar surface area (TPSA) is 12.0 Å². The number of nitrogens with one attached hydrogen (secondary N) is 1. The van der Waals surface area contributed by atoms with Crippen LogP contribution in [-0.2, 0) is 0 Å². The highest BCUT2D eigenvalue weighted by atomic mass is 14.9. The van der Waals surface area contributed by atoms with E-state index in [0.717, 1.165) is 6.04 Å². The first-order valence-corrected chi connectivity index (χ1v) is 4.91. The monoisotopic (exact) mass is 151 g/mol. The van der Waals surface area contributed by atoms with E-state index >= 15 is 0 Å². The van der Waals surface area contributed by atoms with Crippen molar-refractivity contribution in [2.75, 3.05) is 0 Å². The summed E-state index contributed by atoms with van der Waals surface area (Å²) in [6, 6.07) is 0.811. The third kappa shape index (κ3) is 1.76. The maximum Gasteiger partial charge on any atom is 0.0258 e. The van der Waals surface area contributed by atoms with Crippen LogP contribution in [0.4, 0.5) is 0 Å². The van der Waals surface area contributed by atoms with Crippen LogP contribution >= 0.6 is 0 Å². The van der Waals surface area contributed by atoms with Gasteiger partial charge in [0.2, 0.25) is 0 Å². The number of rotatable bonds is 0. The molecule has 0 saturated carbocycles. The lowest BCUT2D eigenvalue weighted by molar-refractivity contribution is 0.498. The Labute approximate surface area is 68.9 Å². The zero-order valence-electron chi connectivity index (χ0n) is 7.10. The van der Waals surface area contributed by atoms with Crippen molar-refractivity contribution < 1.29 is 0 Å². The summed E-state index contributed by atoms with van der Waals surface area (Å²) in [6.45, 7) is 0. The Morgan fingerprint density at radius 1 is 1.18 bits per heavy atom. The van der Waals surface area contributed by atoms with E-state index in [1.165, 1.54) is 50.6 Å². The van der Waals surface area contributed by atoms with Gasteiger partial charge in [0.1, 0.15) is 0 Å². The minimum Gasteiger partial charge on any atom is -0.386 e. The molecule has 2 heterocycles. The van der Waals surface area contributed by atoms with Crippen LogP contribution in [0.5, 0.6) is 0 Å². The molecular weight excluding hydrogens is 134 g/mol. The normalized spacial score (nSPS) is 31.3. The summed E-state index contributed by atoms with van der Waals surface area (Å²) in [6.07, 6.45) is 12.0. The van der Waals surface area contributed by atoms with Gasteiger partial charge in [0.05, 0.1) is 0 Å². The van der Waals surface area contributed by atoms with Crippen LogP contribution in [0.1, 0.15) is 44.9 Å². The summed E-state index contributed by atoms with van der Waals surface area (Å²) < 4.78 is 0. The van der Waals surface area contributed by atoms with Gasteiger partial charge in [-0.1, -0.05) is 12.5 Å². The molecule has 0 aromatic heterocycles. The number of hydrogen-bond acceptors (Lipinski definition) is 1. The summed E-state index contributed by atoms with van der Waals surface area (Å²) in [7, 11) is 0. The van der Waals surface area contributed by atoms with Gasteiger partial charge < -0.3 is 5.32 Å². The average Bonchev–Trinajstić information content (AvgIpc) is 2.36. The Kier molecular flexibility index (Phi) is 2.16. The summed E-state index contributed by atoms with van der Waals surface area (Å²) in [4.78, 5) is 0. The lowest BCUT2D eigenvalue weighted by Crippen LogP contribution is -2.25. The number of hydrogen-bond donors (Lipinski definition) is 1. The van der Waals surface area contributed by atoms with Gasteiger partial charge >= 0.3 is 0 Å². The van der Waals surface area contributed by atoms with Crippen molar-refractivity contribution in [1.82, 2.24) is 5.32 Å². The van der Waals surface area contributed by atoms with Crippen LogP contribution in [0.3, 0.4) is 0 Å². The molecule has 0 amide bonds. The molecule has 2 rings (SSSR count). The molecule has 1 nitrogen and oxygen atoms in total. The van der Waals surface area contributed by atoms with E-state index in [9.17, 15) is 0 Å². The fourth-order valence-electron chi connectivity index (χ4n) is 2.13. The quantitative estimate of drug-likeness (QED) is 0.561. The number of allylic oxidation sites excluding steroid dienone is 2. The molecule has 1 heteroatoms. The van der Waals surface area contributed by atoms with E-state index in [1.54, 1.807) is 0 Å². The van der Waals surface area contributed by atoms with Crippen molar-refractivity contribution in [3.05, 3.63) is 11.8 Å². The van der Waals surface area contributed by atoms with Crippen LogP contribution in [0.15, 0.2) is 11.8 Å². The molecule has 2 aliphatic rings. The third-order valence-corrected chi connectivity index (χ3v) is 2.79. The molecule has 1 unspecified atom stereocenters. The summed E-state index contributed by atoms with van der Waals surface area (Å²) in [5.41, 5.74) is 1.53. The zero-order chi connectivity index (χ0) is 7.52. The maximum absolute atomic E-state index is 3.64. The molecule has 0 radical (unpaired) electrons. The molecule has 0 aromatic carbocycles. The Balaban J connectivity index is 2.07. The van der Waals surface area contributed by atoms with E-state index in [2.05, 4.69) is 11.4 Å². The first kappa shape index (κ1) is 7.20. The molecule has 1 saturated heterocycles. The Morgan fingerprint density at radius 3 is 3.09 bits per heavy atom. The van der Waals surface area contributed by atoms with Gasteiger partial charge in [-0.05, 0) is 38.5 Å². The molecule has 11 heavy (non-hydrogen) atoms. The number of fused-ring (bicyclic) bond motifs is 2. The van der Waals surface area contributed by atoms with Crippen molar-refractivity contribution in [2.45, 2.75) is 51.0 Å². The first-order valence-electron chi connectivity index (χ1n) is 4.91. The van der Waals surface area contributed by atoms with Crippen molar-refractivity contribution in [3.8, 4) is 0 Å². The van der Waals surface area contributed by atoms with Crippen molar-refractivity contribution in [3.63, 3.8) is 0 Å². The summed E-state index contributed by atoms with van der Waals surface area (Å²) >= 11 is 0. The minimum atomic E-state index is 0.811.